The molecule has 3 saturated carbocycles. The van der Waals surface area contributed by atoms with Crippen molar-refractivity contribution in [2.75, 3.05) is 13.7 Å². The van der Waals surface area contributed by atoms with E-state index in [0.717, 1.165) is 24.7 Å². The van der Waals surface area contributed by atoms with E-state index in [2.05, 4.69) is 13.0 Å². The maximum Gasteiger partial charge on any atom is 0.315 e. The Hall–Kier alpha value is -1.32. The van der Waals surface area contributed by atoms with Crippen LogP contribution in [0, 0.1) is 45.8 Å². The number of rotatable bonds is 7. The summed E-state index contributed by atoms with van der Waals surface area (Å²) in [5.41, 5.74) is -2.28. The molecular weight excluding hydrogens is 452 g/mol. The summed E-state index contributed by atoms with van der Waals surface area (Å²) in [6.45, 7) is 8.02. The van der Waals surface area contributed by atoms with E-state index < -0.39 is 52.9 Å². The molecule has 0 amide bonds. The molecule has 4 aliphatic carbocycles. The second kappa shape index (κ2) is 8.35. The van der Waals surface area contributed by atoms with Crippen molar-refractivity contribution in [1.29, 1.82) is 0 Å². The molecule has 5 aliphatic rings. The Balaban J connectivity index is 1.57. The molecule has 1 aliphatic heterocycles. The second-order valence-electron chi connectivity index (χ2n) is 12.2. The summed E-state index contributed by atoms with van der Waals surface area (Å²) in [6.07, 6.45) is 1.32. The van der Waals surface area contributed by atoms with Gasteiger partial charge in [0, 0.05) is 12.5 Å². The maximum atomic E-state index is 13.5. The Morgan fingerprint density at radius 1 is 1.23 bits per heavy atom. The Morgan fingerprint density at radius 3 is 2.54 bits per heavy atom. The lowest BCUT2D eigenvalue weighted by Gasteiger charge is -2.58. The summed E-state index contributed by atoms with van der Waals surface area (Å²) < 4.78 is 17.4. The number of aldehydes is 1. The molecule has 0 aromatic carbocycles. The van der Waals surface area contributed by atoms with Gasteiger partial charge in [-0.05, 0) is 55.8 Å². The van der Waals surface area contributed by atoms with Crippen LogP contribution in [0.5, 0.6) is 0 Å². The third kappa shape index (κ3) is 2.92. The maximum absolute atomic E-state index is 13.5. The summed E-state index contributed by atoms with van der Waals surface area (Å²) in [4.78, 5) is 26.5. The lowest BCUT2D eigenvalue weighted by molar-refractivity contribution is -0.306. The number of fused-ring (bicyclic) bond motifs is 2. The molecule has 4 fully saturated rings. The molecule has 12 atom stereocenters. The van der Waals surface area contributed by atoms with Gasteiger partial charge in [-0.25, -0.2) is 0 Å². The highest BCUT2D eigenvalue weighted by molar-refractivity contribution is 5.90. The molecule has 0 spiro atoms. The first kappa shape index (κ1) is 25.3. The minimum Gasteiger partial charge on any atom is -0.481 e. The molecule has 5 rings (SSSR count). The molecule has 35 heavy (non-hydrogen) atoms. The average Bonchev–Trinajstić information content (AvgIpc) is 3.38. The number of ether oxygens (including phenoxy) is 3. The van der Waals surface area contributed by atoms with Crippen LogP contribution in [0.1, 0.15) is 53.4 Å². The lowest BCUT2D eigenvalue weighted by atomic mass is 9.43. The fraction of sp³-hybridized carbons (Fsp3) is 0.852. The lowest BCUT2D eigenvalue weighted by Crippen LogP contribution is -2.64. The van der Waals surface area contributed by atoms with Crippen LogP contribution >= 0.6 is 0 Å². The normalized spacial score (nSPS) is 52.5. The molecule has 1 saturated heterocycles. The molecule has 0 radical (unpaired) electrons. The number of carboxylic acids is 1. The van der Waals surface area contributed by atoms with Crippen LogP contribution in [0.25, 0.3) is 0 Å². The first-order chi connectivity index (χ1) is 16.5. The van der Waals surface area contributed by atoms with Gasteiger partial charge in [0.25, 0.3) is 0 Å². The largest absolute Gasteiger partial charge is 0.481 e. The molecule has 5 unspecified atom stereocenters. The van der Waals surface area contributed by atoms with Crippen molar-refractivity contribution in [2.45, 2.75) is 84.1 Å². The molecule has 8 heteroatoms. The van der Waals surface area contributed by atoms with E-state index in [9.17, 15) is 24.9 Å². The summed E-state index contributed by atoms with van der Waals surface area (Å²) in [7, 11) is 1.45. The van der Waals surface area contributed by atoms with Gasteiger partial charge < -0.3 is 34.3 Å². The van der Waals surface area contributed by atoms with Crippen molar-refractivity contribution in [2.24, 2.45) is 45.8 Å². The Morgan fingerprint density at radius 2 is 1.94 bits per heavy atom. The first-order valence-corrected chi connectivity index (χ1v) is 13.1. The molecular formula is C27H40O8. The highest BCUT2D eigenvalue weighted by Crippen LogP contribution is 2.82. The van der Waals surface area contributed by atoms with Gasteiger partial charge in [0.05, 0.1) is 18.1 Å². The van der Waals surface area contributed by atoms with Gasteiger partial charge in [0.2, 0.25) is 0 Å². The fourth-order valence-corrected chi connectivity index (χ4v) is 9.34. The quantitative estimate of drug-likeness (QED) is 0.366. The van der Waals surface area contributed by atoms with E-state index in [-0.39, 0.29) is 30.3 Å². The number of carboxylic acid groups (broad SMARTS) is 1. The van der Waals surface area contributed by atoms with Crippen LogP contribution in [0.3, 0.4) is 0 Å². The number of carbonyl (C=O) groups excluding carboxylic acids is 1. The number of allylic oxidation sites excluding steroid dienone is 1. The topological polar surface area (TPSA) is 123 Å². The van der Waals surface area contributed by atoms with E-state index in [1.807, 2.05) is 13.8 Å². The first-order valence-electron chi connectivity index (χ1n) is 13.1. The second-order valence-corrected chi connectivity index (χ2v) is 12.2. The summed E-state index contributed by atoms with van der Waals surface area (Å²) in [5, 5.41) is 32.3. The SMILES string of the molecule is CO[C@H]1[C@@H](O)[C@H](O)[C@H](OCC23CC4C(CC[C@H]4C)[C@@]4(C=O)CC2C=C(C(C)C)C34C(=O)O)O[C@@H]1C. The molecule has 0 aromatic heterocycles. The van der Waals surface area contributed by atoms with E-state index in [0.29, 0.717) is 18.8 Å². The van der Waals surface area contributed by atoms with E-state index in [1.54, 1.807) is 6.92 Å². The number of aliphatic hydroxyl groups is 2. The minimum atomic E-state index is -1.34. The van der Waals surface area contributed by atoms with E-state index in [1.165, 1.54) is 7.11 Å². The third-order valence-electron chi connectivity index (χ3n) is 10.7. The zero-order valence-corrected chi connectivity index (χ0v) is 21.3. The smallest absolute Gasteiger partial charge is 0.315 e. The van der Waals surface area contributed by atoms with Gasteiger partial charge in [0.1, 0.15) is 30.0 Å². The van der Waals surface area contributed by atoms with Crippen LogP contribution in [-0.2, 0) is 23.8 Å². The zero-order valence-electron chi connectivity index (χ0n) is 21.3. The van der Waals surface area contributed by atoms with Gasteiger partial charge in [0.15, 0.2) is 6.29 Å². The van der Waals surface area contributed by atoms with E-state index in [4.69, 9.17) is 14.2 Å². The van der Waals surface area contributed by atoms with Gasteiger partial charge >= 0.3 is 5.97 Å². The minimum absolute atomic E-state index is 0.0219. The number of hydrogen-bond donors (Lipinski definition) is 3. The molecule has 0 aromatic rings. The van der Waals surface area contributed by atoms with Gasteiger partial charge in [-0.15, -0.1) is 0 Å². The highest BCUT2D eigenvalue weighted by Gasteiger charge is 2.84. The molecule has 1 heterocycles. The number of carbonyl (C=O) groups is 2. The summed E-state index contributed by atoms with van der Waals surface area (Å²) in [6, 6.07) is 0. The Bertz CT molecular complexity index is 917. The molecule has 4 bridgehead atoms. The van der Waals surface area contributed by atoms with Gasteiger partial charge in [-0.2, -0.15) is 0 Å². The standard InChI is InChI=1S/C27H40O8/c1-13(2)19-8-16-9-25(11-28)18-7-6-14(3)17(18)10-26(16,27(19,25)24(31)32)12-34-23-21(30)20(29)22(33-5)15(4)35-23/h8,11,13-18,20-23,29-30H,6-7,9-10,12H2,1-5H3,(H,31,32)/t14-,15-,16?,17?,18?,20+,21+,22-,23-,25+,26?,27?/m1/s1. The number of aliphatic carboxylic acids is 1. The van der Waals surface area contributed by atoms with Crippen LogP contribution in [0.2, 0.25) is 0 Å². The summed E-state index contributed by atoms with van der Waals surface area (Å²) >= 11 is 0. The molecule has 3 N–H and O–H groups in total. The number of hydrogen-bond acceptors (Lipinski definition) is 7. The van der Waals surface area contributed by atoms with Crippen molar-refractivity contribution < 1.29 is 39.1 Å². The number of methoxy groups -OCH3 is 1. The van der Waals surface area contributed by atoms with E-state index >= 15 is 0 Å². The van der Waals surface area contributed by atoms with Crippen LogP contribution < -0.4 is 0 Å². The average molecular weight is 493 g/mol. The Labute approximate surface area is 207 Å². The highest BCUT2D eigenvalue weighted by atomic mass is 16.7. The van der Waals surface area contributed by atoms with Crippen molar-refractivity contribution in [3.63, 3.8) is 0 Å². The Kier molecular flexibility index (Phi) is 6.04. The van der Waals surface area contributed by atoms with Crippen molar-refractivity contribution in [3.8, 4) is 0 Å². The van der Waals surface area contributed by atoms with Crippen LogP contribution in [0.15, 0.2) is 11.6 Å². The zero-order chi connectivity index (χ0) is 25.5. The third-order valence-corrected chi connectivity index (χ3v) is 10.7. The van der Waals surface area contributed by atoms with Crippen molar-refractivity contribution >= 4 is 12.3 Å². The predicted octanol–water partition coefficient (Wildman–Crippen LogP) is 2.41. The van der Waals surface area contributed by atoms with Crippen molar-refractivity contribution in [3.05, 3.63) is 11.6 Å². The van der Waals surface area contributed by atoms with Gasteiger partial charge in [-0.1, -0.05) is 38.8 Å². The molecule has 8 nitrogen and oxygen atoms in total. The van der Waals surface area contributed by atoms with Crippen LogP contribution in [-0.4, -0.2) is 72.0 Å². The predicted molar refractivity (Wildman–Crippen MR) is 125 cm³/mol. The van der Waals surface area contributed by atoms with Gasteiger partial charge in [-0.3, -0.25) is 4.79 Å². The van der Waals surface area contributed by atoms with Crippen molar-refractivity contribution in [1.82, 2.24) is 0 Å². The van der Waals surface area contributed by atoms with Crippen LogP contribution in [0.4, 0.5) is 0 Å². The fourth-order valence-electron chi connectivity index (χ4n) is 9.34. The monoisotopic (exact) mass is 492 g/mol. The summed E-state index contributed by atoms with van der Waals surface area (Å²) in [5.74, 6) is -0.358. The molecule has 196 valence electrons. The number of aliphatic hydroxyl groups excluding tert-OH is 2.